The number of carboxylic acids is 1. The second kappa shape index (κ2) is 4.68. The number of aromatic carboxylic acids is 1. The van der Waals surface area contributed by atoms with Crippen LogP contribution in [-0.4, -0.2) is 22.0 Å². The van der Waals surface area contributed by atoms with Crippen molar-refractivity contribution in [3.63, 3.8) is 0 Å². The zero-order valence-corrected chi connectivity index (χ0v) is 10.9. The lowest BCUT2D eigenvalue weighted by Gasteiger charge is -2.08. The highest BCUT2D eigenvalue weighted by atomic mass is 16.5. The largest absolute Gasteiger partial charge is 0.478 e. The van der Waals surface area contributed by atoms with Crippen LogP contribution in [-0.2, 0) is 4.79 Å². The van der Waals surface area contributed by atoms with Crippen LogP contribution in [0.2, 0.25) is 0 Å². The summed E-state index contributed by atoms with van der Waals surface area (Å²) in [5, 5.41) is 9.77. The van der Waals surface area contributed by atoms with Gasteiger partial charge in [0.25, 0.3) is 0 Å². The highest BCUT2D eigenvalue weighted by Crippen LogP contribution is 2.25. The Morgan fingerprint density at radius 3 is 2.37 bits per heavy atom. The highest BCUT2D eigenvalue weighted by Gasteiger charge is 2.14. The molecule has 5 nitrogen and oxygen atoms in total. The molecule has 5 heteroatoms. The van der Waals surface area contributed by atoms with Crippen LogP contribution in [0.15, 0.2) is 18.2 Å². The lowest BCUT2D eigenvalue weighted by molar-refractivity contribution is -0.132. The van der Waals surface area contributed by atoms with Crippen molar-refractivity contribution < 1.29 is 19.4 Å². The van der Waals surface area contributed by atoms with E-state index in [0.717, 1.165) is 11.1 Å². The number of aromatic nitrogens is 1. The molecule has 1 N–H and O–H groups in total. The Bertz CT molecular complexity index is 691. The summed E-state index contributed by atoms with van der Waals surface area (Å²) in [5.74, 6) is -1.61. The van der Waals surface area contributed by atoms with Crippen LogP contribution in [0, 0.1) is 13.8 Å². The molecule has 1 aromatic heterocycles. The lowest BCUT2D eigenvalue weighted by Crippen LogP contribution is -2.06. The molecule has 2 aromatic rings. The van der Waals surface area contributed by atoms with Crippen molar-refractivity contribution in [1.82, 2.24) is 4.98 Å². The van der Waals surface area contributed by atoms with Crippen molar-refractivity contribution in [2.75, 3.05) is 0 Å². The zero-order valence-electron chi connectivity index (χ0n) is 10.9. The van der Waals surface area contributed by atoms with E-state index in [1.54, 1.807) is 12.1 Å². The molecule has 0 aliphatic carbocycles. The number of carbonyl (C=O) groups excluding carboxylic acids is 1. The van der Waals surface area contributed by atoms with Crippen molar-refractivity contribution in [3.05, 3.63) is 34.9 Å². The number of fused-ring (bicyclic) bond motifs is 1. The van der Waals surface area contributed by atoms with Gasteiger partial charge in [-0.05, 0) is 37.1 Å². The molecule has 0 saturated carbocycles. The van der Waals surface area contributed by atoms with Crippen LogP contribution < -0.4 is 4.74 Å². The standard InChI is InChI=1S/C14H13NO4/c1-7-4-10-11(14(17)18)6-13(19-9(3)16)15-12(10)5-8(7)2/h4-6H,1-3H3,(H,17,18). The molecule has 19 heavy (non-hydrogen) atoms. The molecule has 0 spiro atoms. The number of hydrogen-bond donors (Lipinski definition) is 1. The fourth-order valence-corrected chi connectivity index (χ4v) is 1.84. The van der Waals surface area contributed by atoms with E-state index in [1.807, 2.05) is 13.8 Å². The Hall–Kier alpha value is -2.43. The number of carbonyl (C=O) groups is 2. The van der Waals surface area contributed by atoms with Crippen LogP contribution in [0.5, 0.6) is 5.88 Å². The Labute approximate surface area is 109 Å². The molecule has 0 saturated heterocycles. The Kier molecular flexibility index (Phi) is 3.21. The van der Waals surface area contributed by atoms with E-state index in [2.05, 4.69) is 4.98 Å². The highest BCUT2D eigenvalue weighted by molar-refractivity contribution is 6.03. The molecular weight excluding hydrogens is 246 g/mol. The number of benzene rings is 1. The minimum atomic E-state index is -1.08. The first-order chi connectivity index (χ1) is 8.88. The number of hydrogen-bond acceptors (Lipinski definition) is 4. The summed E-state index contributed by atoms with van der Waals surface area (Å²) in [6.45, 7) is 5.06. The van der Waals surface area contributed by atoms with Crippen LogP contribution in [0.25, 0.3) is 10.9 Å². The average Bonchev–Trinajstić information content (AvgIpc) is 2.29. The van der Waals surface area contributed by atoms with Gasteiger partial charge >= 0.3 is 11.9 Å². The normalized spacial score (nSPS) is 10.5. The summed E-state index contributed by atoms with van der Waals surface area (Å²) in [6, 6.07) is 4.82. The minimum absolute atomic E-state index is 0.000605. The van der Waals surface area contributed by atoms with E-state index in [-0.39, 0.29) is 11.4 Å². The quantitative estimate of drug-likeness (QED) is 0.838. The van der Waals surface area contributed by atoms with Crippen molar-refractivity contribution in [3.8, 4) is 5.88 Å². The van der Waals surface area contributed by atoms with Crippen molar-refractivity contribution >= 4 is 22.8 Å². The Morgan fingerprint density at radius 1 is 1.16 bits per heavy atom. The SMILES string of the molecule is CC(=O)Oc1cc(C(=O)O)c2cc(C)c(C)cc2n1. The second-order valence-electron chi connectivity index (χ2n) is 4.36. The molecule has 0 aliphatic heterocycles. The fraction of sp³-hybridized carbons (Fsp3) is 0.214. The van der Waals surface area contributed by atoms with Gasteiger partial charge in [-0.2, -0.15) is 0 Å². The van der Waals surface area contributed by atoms with E-state index < -0.39 is 11.9 Å². The van der Waals surface area contributed by atoms with E-state index in [4.69, 9.17) is 4.74 Å². The number of nitrogens with zero attached hydrogens (tertiary/aromatic N) is 1. The van der Waals surface area contributed by atoms with Gasteiger partial charge in [0.2, 0.25) is 5.88 Å². The Balaban J connectivity index is 2.75. The number of carboxylic acid groups (broad SMARTS) is 1. The first-order valence-corrected chi connectivity index (χ1v) is 5.72. The summed E-state index contributed by atoms with van der Waals surface area (Å²) in [6.07, 6.45) is 0. The first kappa shape index (κ1) is 13.0. The summed E-state index contributed by atoms with van der Waals surface area (Å²) in [7, 11) is 0. The number of rotatable bonds is 2. The van der Waals surface area contributed by atoms with Gasteiger partial charge in [-0.1, -0.05) is 0 Å². The average molecular weight is 259 g/mol. The summed E-state index contributed by atoms with van der Waals surface area (Å²) in [5.41, 5.74) is 2.55. The van der Waals surface area contributed by atoms with Gasteiger partial charge in [0, 0.05) is 18.4 Å². The smallest absolute Gasteiger partial charge is 0.336 e. The van der Waals surface area contributed by atoms with Gasteiger partial charge in [0.1, 0.15) is 0 Å². The molecule has 0 bridgehead atoms. The number of esters is 1. The number of ether oxygens (including phenoxy) is 1. The van der Waals surface area contributed by atoms with E-state index in [1.165, 1.54) is 13.0 Å². The summed E-state index contributed by atoms with van der Waals surface area (Å²) in [4.78, 5) is 26.4. The van der Waals surface area contributed by atoms with Crippen LogP contribution in [0.1, 0.15) is 28.4 Å². The van der Waals surface area contributed by atoms with Crippen molar-refractivity contribution in [1.29, 1.82) is 0 Å². The molecule has 0 unspecified atom stereocenters. The van der Waals surface area contributed by atoms with E-state index >= 15 is 0 Å². The predicted octanol–water partition coefficient (Wildman–Crippen LogP) is 2.48. The summed E-state index contributed by atoms with van der Waals surface area (Å²) >= 11 is 0. The second-order valence-corrected chi connectivity index (χ2v) is 4.36. The van der Waals surface area contributed by atoms with E-state index in [0.29, 0.717) is 10.9 Å². The molecule has 0 aliphatic rings. The van der Waals surface area contributed by atoms with Gasteiger partial charge in [-0.15, -0.1) is 0 Å². The topological polar surface area (TPSA) is 76.5 Å². The maximum atomic E-state index is 11.3. The van der Waals surface area contributed by atoms with Crippen LogP contribution >= 0.6 is 0 Å². The van der Waals surface area contributed by atoms with Crippen molar-refractivity contribution in [2.24, 2.45) is 0 Å². The molecule has 0 atom stereocenters. The van der Waals surface area contributed by atoms with Gasteiger partial charge in [-0.3, -0.25) is 4.79 Å². The molecule has 98 valence electrons. The van der Waals surface area contributed by atoms with E-state index in [9.17, 15) is 14.7 Å². The molecule has 0 radical (unpaired) electrons. The summed E-state index contributed by atoms with van der Waals surface area (Å²) < 4.78 is 4.87. The fourth-order valence-electron chi connectivity index (χ4n) is 1.84. The van der Waals surface area contributed by atoms with Crippen molar-refractivity contribution in [2.45, 2.75) is 20.8 Å². The van der Waals surface area contributed by atoms with Crippen LogP contribution in [0.4, 0.5) is 0 Å². The van der Waals surface area contributed by atoms with Gasteiger partial charge in [-0.25, -0.2) is 9.78 Å². The maximum absolute atomic E-state index is 11.3. The molecule has 2 rings (SSSR count). The zero-order chi connectivity index (χ0) is 14.2. The number of aryl methyl sites for hydroxylation is 2. The van der Waals surface area contributed by atoms with Crippen LogP contribution in [0.3, 0.4) is 0 Å². The molecule has 0 fully saturated rings. The van der Waals surface area contributed by atoms with Gasteiger partial charge < -0.3 is 9.84 Å². The third-order valence-corrected chi connectivity index (χ3v) is 2.88. The third-order valence-electron chi connectivity index (χ3n) is 2.88. The van der Waals surface area contributed by atoms with Gasteiger partial charge in [0.05, 0.1) is 11.1 Å². The first-order valence-electron chi connectivity index (χ1n) is 5.72. The molecular formula is C14H13NO4. The third kappa shape index (κ3) is 2.54. The van der Waals surface area contributed by atoms with Gasteiger partial charge in [0.15, 0.2) is 0 Å². The monoisotopic (exact) mass is 259 g/mol. The lowest BCUT2D eigenvalue weighted by atomic mass is 10.0. The molecule has 1 aromatic carbocycles. The Morgan fingerprint density at radius 2 is 1.79 bits per heavy atom. The molecule has 1 heterocycles. The maximum Gasteiger partial charge on any atom is 0.336 e. The minimum Gasteiger partial charge on any atom is -0.478 e. The number of pyridine rings is 1. The molecule has 0 amide bonds. The predicted molar refractivity (Wildman–Crippen MR) is 69.5 cm³/mol.